The van der Waals surface area contributed by atoms with Crippen LogP contribution < -0.4 is 5.32 Å². The molecule has 1 atom stereocenters. The van der Waals surface area contributed by atoms with Crippen molar-refractivity contribution in [3.63, 3.8) is 0 Å². The monoisotopic (exact) mass is 282 g/mol. The van der Waals surface area contributed by atoms with E-state index in [4.69, 9.17) is 0 Å². The van der Waals surface area contributed by atoms with E-state index in [1.165, 1.54) is 4.90 Å². The molecule has 0 aliphatic carbocycles. The Balaban J connectivity index is 1.95. The van der Waals surface area contributed by atoms with Gasteiger partial charge < -0.3 is 5.32 Å². The van der Waals surface area contributed by atoms with Crippen LogP contribution in [0.3, 0.4) is 0 Å². The molecule has 1 saturated heterocycles. The third-order valence-electron chi connectivity index (χ3n) is 3.32. The van der Waals surface area contributed by atoms with Gasteiger partial charge in [0.1, 0.15) is 12.0 Å². The number of hydrogen-bond acceptors (Lipinski definition) is 5. The third kappa shape index (κ3) is 2.74. The van der Waals surface area contributed by atoms with Crippen LogP contribution in [-0.2, 0) is 9.59 Å². The summed E-state index contributed by atoms with van der Waals surface area (Å²) in [6.45, 7) is 0. The number of aromatic nitrogens is 2. The van der Waals surface area contributed by atoms with E-state index in [0.717, 1.165) is 5.56 Å². The van der Waals surface area contributed by atoms with Gasteiger partial charge in [-0.15, -0.1) is 0 Å². The van der Waals surface area contributed by atoms with E-state index in [-0.39, 0.29) is 24.7 Å². The fourth-order valence-electron chi connectivity index (χ4n) is 2.31. The summed E-state index contributed by atoms with van der Waals surface area (Å²) in [6, 6.07) is 8.99. The summed E-state index contributed by atoms with van der Waals surface area (Å²) in [6.07, 6.45) is 4.86. The van der Waals surface area contributed by atoms with Gasteiger partial charge in [0.2, 0.25) is 11.8 Å². The minimum atomic E-state index is -0.564. The normalized spacial score (nSPS) is 16.1. The molecule has 0 saturated carbocycles. The molecule has 3 heterocycles. The Bertz CT molecular complexity index is 629. The van der Waals surface area contributed by atoms with E-state index in [2.05, 4.69) is 15.3 Å². The highest BCUT2D eigenvalue weighted by molar-refractivity contribution is 6.02. The first-order valence-corrected chi connectivity index (χ1v) is 6.68. The van der Waals surface area contributed by atoms with Gasteiger partial charge >= 0.3 is 0 Å². The molecule has 3 rings (SSSR count). The van der Waals surface area contributed by atoms with E-state index in [0.29, 0.717) is 5.82 Å². The standard InChI is InChI=1S/C15H14N4O2/c20-13-4-5-14(21)19(13)15(11-6-9-16-10-7-11)18-12-3-1-2-8-17-12/h1-3,6-10,15H,4-5H2,(H,17,18). The molecule has 106 valence electrons. The minimum Gasteiger partial charge on any atom is -0.346 e. The van der Waals surface area contributed by atoms with E-state index >= 15 is 0 Å². The molecular weight excluding hydrogens is 268 g/mol. The lowest BCUT2D eigenvalue weighted by Crippen LogP contribution is -2.38. The van der Waals surface area contributed by atoms with Gasteiger partial charge in [-0.2, -0.15) is 0 Å². The molecule has 1 fully saturated rings. The summed E-state index contributed by atoms with van der Waals surface area (Å²) >= 11 is 0. The van der Waals surface area contributed by atoms with E-state index < -0.39 is 6.17 Å². The Hall–Kier alpha value is -2.76. The summed E-state index contributed by atoms with van der Waals surface area (Å²) in [4.78, 5) is 33.5. The number of nitrogens with zero attached hydrogens (tertiary/aromatic N) is 3. The average molecular weight is 282 g/mol. The van der Waals surface area contributed by atoms with E-state index in [1.807, 2.05) is 6.07 Å². The first-order valence-electron chi connectivity index (χ1n) is 6.68. The number of nitrogens with one attached hydrogen (secondary N) is 1. The zero-order valence-corrected chi connectivity index (χ0v) is 11.3. The van der Waals surface area contributed by atoms with Crippen molar-refractivity contribution in [3.8, 4) is 0 Å². The molecule has 21 heavy (non-hydrogen) atoms. The van der Waals surface area contributed by atoms with Gasteiger partial charge in [0.05, 0.1) is 0 Å². The van der Waals surface area contributed by atoms with E-state index in [1.54, 1.807) is 42.9 Å². The van der Waals surface area contributed by atoms with Crippen LogP contribution in [0, 0.1) is 0 Å². The van der Waals surface area contributed by atoms with Crippen LogP contribution in [-0.4, -0.2) is 26.7 Å². The quantitative estimate of drug-likeness (QED) is 0.864. The van der Waals surface area contributed by atoms with Gasteiger partial charge in [0.25, 0.3) is 0 Å². The third-order valence-corrected chi connectivity index (χ3v) is 3.32. The first kappa shape index (κ1) is 13.2. The smallest absolute Gasteiger partial charge is 0.231 e. The Labute approximate surface area is 121 Å². The van der Waals surface area contributed by atoms with Crippen LogP contribution in [0.4, 0.5) is 5.82 Å². The number of pyridine rings is 2. The number of carbonyl (C=O) groups is 2. The number of hydrogen-bond donors (Lipinski definition) is 1. The highest BCUT2D eigenvalue weighted by atomic mass is 16.2. The van der Waals surface area contributed by atoms with Crippen molar-refractivity contribution in [1.82, 2.24) is 14.9 Å². The van der Waals surface area contributed by atoms with Gasteiger partial charge in [0.15, 0.2) is 0 Å². The molecular formula is C15H14N4O2. The first-order chi connectivity index (χ1) is 10.3. The highest BCUT2D eigenvalue weighted by Gasteiger charge is 2.36. The lowest BCUT2D eigenvalue weighted by Gasteiger charge is -2.27. The molecule has 0 spiro atoms. The van der Waals surface area contributed by atoms with Crippen molar-refractivity contribution in [2.24, 2.45) is 0 Å². The van der Waals surface area contributed by atoms with Crippen LogP contribution in [0.25, 0.3) is 0 Å². The van der Waals surface area contributed by atoms with Crippen molar-refractivity contribution >= 4 is 17.6 Å². The lowest BCUT2D eigenvalue weighted by atomic mass is 10.2. The molecule has 6 nitrogen and oxygen atoms in total. The van der Waals surface area contributed by atoms with Crippen molar-refractivity contribution in [1.29, 1.82) is 0 Å². The molecule has 0 aromatic carbocycles. The fourth-order valence-corrected chi connectivity index (χ4v) is 2.31. The maximum Gasteiger partial charge on any atom is 0.231 e. The summed E-state index contributed by atoms with van der Waals surface area (Å²) in [5.74, 6) is 0.252. The zero-order chi connectivity index (χ0) is 14.7. The lowest BCUT2D eigenvalue weighted by molar-refractivity contribution is -0.140. The Morgan fingerprint density at radius 1 is 1.00 bits per heavy atom. The molecule has 1 unspecified atom stereocenters. The second kappa shape index (κ2) is 5.70. The molecule has 6 heteroatoms. The highest BCUT2D eigenvalue weighted by Crippen LogP contribution is 2.27. The number of anilines is 1. The van der Waals surface area contributed by atoms with Gasteiger partial charge in [0, 0.05) is 31.4 Å². The summed E-state index contributed by atoms with van der Waals surface area (Å²) in [5.41, 5.74) is 0.791. The summed E-state index contributed by atoms with van der Waals surface area (Å²) in [7, 11) is 0. The van der Waals surface area contributed by atoms with Crippen molar-refractivity contribution < 1.29 is 9.59 Å². The van der Waals surface area contributed by atoms with Crippen LogP contribution >= 0.6 is 0 Å². The van der Waals surface area contributed by atoms with Crippen LogP contribution in [0.15, 0.2) is 48.9 Å². The molecule has 2 aromatic heterocycles. The molecule has 1 aliphatic heterocycles. The molecule has 0 radical (unpaired) electrons. The van der Waals surface area contributed by atoms with Crippen LogP contribution in [0.5, 0.6) is 0 Å². The zero-order valence-electron chi connectivity index (χ0n) is 11.3. The summed E-state index contributed by atoms with van der Waals surface area (Å²) in [5, 5.41) is 3.14. The fraction of sp³-hybridized carbons (Fsp3) is 0.200. The number of amides is 2. The van der Waals surface area contributed by atoms with Gasteiger partial charge in [-0.3, -0.25) is 19.5 Å². The number of carbonyl (C=O) groups excluding carboxylic acids is 2. The van der Waals surface area contributed by atoms with Gasteiger partial charge in [-0.05, 0) is 29.8 Å². The summed E-state index contributed by atoms with van der Waals surface area (Å²) < 4.78 is 0. The van der Waals surface area contributed by atoms with Crippen LogP contribution in [0.1, 0.15) is 24.6 Å². The minimum absolute atomic E-state index is 0.176. The topological polar surface area (TPSA) is 75.2 Å². The molecule has 2 amide bonds. The maximum absolute atomic E-state index is 12.0. The Morgan fingerprint density at radius 2 is 1.71 bits per heavy atom. The SMILES string of the molecule is O=C1CCC(=O)N1C(Nc1ccccn1)c1ccncc1. The average Bonchev–Trinajstić information content (AvgIpc) is 2.86. The number of rotatable bonds is 4. The van der Waals surface area contributed by atoms with Crippen LogP contribution in [0.2, 0.25) is 0 Å². The van der Waals surface area contributed by atoms with Gasteiger partial charge in [-0.1, -0.05) is 6.07 Å². The largest absolute Gasteiger partial charge is 0.346 e. The van der Waals surface area contributed by atoms with Crippen molar-refractivity contribution in [2.75, 3.05) is 5.32 Å². The molecule has 0 bridgehead atoms. The van der Waals surface area contributed by atoms with Crippen molar-refractivity contribution in [3.05, 3.63) is 54.5 Å². The maximum atomic E-state index is 12.0. The van der Waals surface area contributed by atoms with Gasteiger partial charge in [-0.25, -0.2) is 4.98 Å². The van der Waals surface area contributed by atoms with E-state index in [9.17, 15) is 9.59 Å². The molecule has 2 aromatic rings. The second-order valence-electron chi connectivity index (χ2n) is 4.70. The predicted molar refractivity (Wildman–Crippen MR) is 75.9 cm³/mol. The predicted octanol–water partition coefficient (Wildman–Crippen LogP) is 1.74. The number of imide groups is 1. The Morgan fingerprint density at radius 3 is 2.33 bits per heavy atom. The Kier molecular flexibility index (Phi) is 3.59. The molecule has 1 N–H and O–H groups in total. The number of likely N-dealkylation sites (tertiary alicyclic amines) is 1. The second-order valence-corrected chi connectivity index (χ2v) is 4.70. The molecule has 1 aliphatic rings. The van der Waals surface area contributed by atoms with Crippen molar-refractivity contribution in [2.45, 2.75) is 19.0 Å².